The van der Waals surface area contributed by atoms with Gasteiger partial charge in [0.15, 0.2) is 79.1 Å². The van der Waals surface area contributed by atoms with Gasteiger partial charge in [-0.2, -0.15) is 0 Å². The molecule has 486 valence electrons. The van der Waals surface area contributed by atoms with E-state index in [0.717, 1.165) is 108 Å². The zero-order chi connectivity index (χ0) is 63.8. The minimum Gasteiger partial charge on any atom is -0.463 e. The summed E-state index contributed by atoms with van der Waals surface area (Å²) in [6.45, 7) is 14.5. The summed E-state index contributed by atoms with van der Waals surface area (Å²) in [7, 11) is 0. The van der Waals surface area contributed by atoms with E-state index in [2.05, 4.69) is 13.8 Å². The van der Waals surface area contributed by atoms with Gasteiger partial charge in [0.05, 0.1) is 12.2 Å². The van der Waals surface area contributed by atoms with Gasteiger partial charge in [-0.3, -0.25) is 52.7 Å². The molecule has 28 nitrogen and oxygen atoms in total. The van der Waals surface area contributed by atoms with Gasteiger partial charge in [-0.25, -0.2) is 0 Å². The molecule has 87 heavy (non-hydrogen) atoms. The quantitative estimate of drug-likeness (QED) is 0.0732. The highest BCUT2D eigenvalue weighted by molar-refractivity contribution is 5.90. The van der Waals surface area contributed by atoms with Crippen LogP contribution in [0, 0.1) is 34.5 Å². The number of ketones is 1. The Kier molecular flexibility index (Phi) is 20.8. The van der Waals surface area contributed by atoms with Crippen LogP contribution >= 0.6 is 0 Å². The van der Waals surface area contributed by atoms with Crippen molar-refractivity contribution in [3.63, 3.8) is 0 Å². The Balaban J connectivity index is 1.16. The molecule has 8 rings (SSSR count). The third-order valence-electron chi connectivity index (χ3n) is 18.7. The van der Waals surface area contributed by atoms with Gasteiger partial charge in [0.2, 0.25) is 0 Å². The molecule has 4 aliphatic carbocycles. The third kappa shape index (κ3) is 14.4. The van der Waals surface area contributed by atoms with Crippen molar-refractivity contribution < 1.29 is 133 Å². The van der Waals surface area contributed by atoms with Crippen LogP contribution in [-0.2, 0) is 133 Å². The van der Waals surface area contributed by atoms with Crippen LogP contribution in [0.15, 0.2) is 0 Å². The molecule has 0 N–H and O–H groups in total. The highest BCUT2D eigenvalue weighted by Crippen LogP contribution is 2.74. The van der Waals surface area contributed by atoms with E-state index in [-0.39, 0.29) is 28.6 Å². The van der Waals surface area contributed by atoms with Gasteiger partial charge in [0, 0.05) is 74.7 Å². The summed E-state index contributed by atoms with van der Waals surface area (Å²) in [5.74, 6) is -7.88. The molecule has 0 aromatic heterocycles. The molecule has 24 atom stereocenters. The average Bonchev–Trinajstić information content (AvgIpc) is 1.50. The van der Waals surface area contributed by atoms with Gasteiger partial charge >= 0.3 is 59.7 Å². The molecule has 4 aliphatic heterocycles. The van der Waals surface area contributed by atoms with E-state index in [1.54, 1.807) is 6.92 Å². The SMILES string of the molecule is CC(=O)OCC1OC(OC2C(OC3C(COC(C)=O)OC(OC4CCC5(C)C(CCC6C5CCC5(C)C6C[C@H]6OC65C(C)=O)C4)C(OC(C)=O)C3OC(C)=O)OC(COC(C)=O)C(OC(C)=O)C2OC(C)=O)C(OC(C)=O)C(OC(C)=O)C1OC(C)=O. The number of ether oxygens (including phenoxy) is 17. The molecular weight excluding hydrogens is 1160 g/mol. The Morgan fingerprint density at radius 3 is 1.23 bits per heavy atom. The molecular formula is C59H82O28. The third-order valence-corrected chi connectivity index (χ3v) is 18.7. The normalized spacial score (nSPS) is 40.7. The van der Waals surface area contributed by atoms with Crippen LogP contribution in [0.25, 0.3) is 0 Å². The molecule has 0 aromatic rings. The minimum absolute atomic E-state index is 0.0461. The van der Waals surface area contributed by atoms with Gasteiger partial charge in [0.25, 0.3) is 0 Å². The minimum atomic E-state index is -2.10. The molecule has 0 bridgehead atoms. The Labute approximate surface area is 503 Å². The highest BCUT2D eigenvalue weighted by Gasteiger charge is 2.79. The first kappa shape index (κ1) is 67.0. The summed E-state index contributed by atoms with van der Waals surface area (Å²) in [6.07, 6.45) is -21.0. The Morgan fingerprint density at radius 2 is 0.782 bits per heavy atom. The van der Waals surface area contributed by atoms with E-state index in [1.807, 2.05) is 0 Å². The predicted molar refractivity (Wildman–Crippen MR) is 285 cm³/mol. The van der Waals surface area contributed by atoms with E-state index in [0.29, 0.717) is 30.6 Å². The van der Waals surface area contributed by atoms with Crippen LogP contribution in [0.3, 0.4) is 0 Å². The van der Waals surface area contributed by atoms with Crippen molar-refractivity contribution in [3.8, 4) is 0 Å². The first-order valence-corrected chi connectivity index (χ1v) is 29.6. The fraction of sp³-hybridized carbons (Fsp3) is 0.814. The summed E-state index contributed by atoms with van der Waals surface area (Å²) in [5.41, 5.74) is -1.02. The second-order valence-electron chi connectivity index (χ2n) is 24.5. The molecule has 0 radical (unpaired) electrons. The van der Waals surface area contributed by atoms with Crippen LogP contribution in [-0.4, -0.2) is 195 Å². The number of epoxide rings is 1. The summed E-state index contributed by atoms with van der Waals surface area (Å²) in [6, 6.07) is 0. The summed E-state index contributed by atoms with van der Waals surface area (Å²) in [5, 5.41) is 0. The van der Waals surface area contributed by atoms with E-state index in [9.17, 15) is 52.7 Å². The first-order valence-electron chi connectivity index (χ1n) is 29.6. The second kappa shape index (κ2) is 27.1. The first-order chi connectivity index (χ1) is 40.9. The lowest BCUT2D eigenvalue weighted by molar-refractivity contribution is -0.390. The van der Waals surface area contributed by atoms with Gasteiger partial charge in [-0.15, -0.1) is 0 Å². The number of carbonyl (C=O) groups excluding carboxylic acids is 11. The molecule has 0 spiro atoms. The Hall–Kier alpha value is -5.91. The molecule has 8 fully saturated rings. The lowest BCUT2D eigenvalue weighted by Gasteiger charge is -2.61. The van der Waals surface area contributed by atoms with Gasteiger partial charge in [0.1, 0.15) is 44.2 Å². The molecule has 0 aromatic carbocycles. The summed E-state index contributed by atoms with van der Waals surface area (Å²) in [4.78, 5) is 142. The van der Waals surface area contributed by atoms with Crippen LogP contribution in [0.1, 0.15) is 141 Å². The summed E-state index contributed by atoms with van der Waals surface area (Å²) < 4.78 is 102. The number of hydrogen-bond acceptors (Lipinski definition) is 28. The van der Waals surface area contributed by atoms with Crippen molar-refractivity contribution in [1.29, 1.82) is 0 Å². The zero-order valence-electron chi connectivity index (χ0n) is 51.3. The number of rotatable bonds is 20. The number of fused-ring (bicyclic) bond motifs is 7. The number of Topliss-reactive ketones (excluding diaryl/α,β-unsaturated/α-hetero) is 1. The Morgan fingerprint density at radius 1 is 0.391 bits per heavy atom. The molecule has 0 amide bonds. The molecule has 4 saturated heterocycles. The number of esters is 10. The van der Waals surface area contributed by atoms with E-state index >= 15 is 0 Å². The standard InChI is InChI=1S/C59H82O28/c1-25(60)59-44(87-59)21-40-38-15-14-36-20-37(16-18-57(36,12)39(38)17-19-58(40,59)13)81-54-51(79-34(10)69)50(78-33(9)68)47(43(82-54)24-73-28(4)63)85-56-53(49(77-32(8)67)46(75-30(6)65)42(84-56)23-72-27(3)62)86-55-52(80-35(11)70)48(76-31(7)66)45(74-29(5)64)41(83-55)22-71-26(2)61/h36-56H,14-24H2,1-13H3/t36?,37?,38?,39?,40?,41?,42?,43?,44-,45?,46?,47?,48?,49?,50?,51?,52?,53?,54?,55?,56?,57?,58?,59?/m1/s1. The van der Waals surface area contributed by atoms with Crippen molar-refractivity contribution in [3.05, 3.63) is 0 Å². The van der Waals surface area contributed by atoms with Crippen molar-refractivity contribution in [2.75, 3.05) is 19.8 Å². The fourth-order valence-corrected chi connectivity index (χ4v) is 15.5. The van der Waals surface area contributed by atoms with Gasteiger partial charge < -0.3 is 80.5 Å². The maximum absolute atomic E-state index is 13.4. The lowest BCUT2D eigenvalue weighted by Crippen LogP contribution is -2.69. The summed E-state index contributed by atoms with van der Waals surface area (Å²) >= 11 is 0. The van der Waals surface area contributed by atoms with E-state index in [4.69, 9.17) is 80.5 Å². The highest BCUT2D eigenvalue weighted by atomic mass is 16.8. The van der Waals surface area contributed by atoms with Crippen LogP contribution in [0.5, 0.6) is 0 Å². The largest absolute Gasteiger partial charge is 0.463 e. The lowest BCUT2D eigenvalue weighted by atomic mass is 9.44. The fourth-order valence-electron chi connectivity index (χ4n) is 15.5. The number of hydrogen-bond donors (Lipinski definition) is 0. The smallest absolute Gasteiger partial charge is 0.303 e. The van der Waals surface area contributed by atoms with E-state index < -0.39 is 183 Å². The van der Waals surface area contributed by atoms with E-state index in [1.165, 1.54) is 0 Å². The van der Waals surface area contributed by atoms with Crippen LogP contribution in [0.4, 0.5) is 0 Å². The maximum Gasteiger partial charge on any atom is 0.303 e. The molecule has 8 aliphatic rings. The molecule has 4 heterocycles. The van der Waals surface area contributed by atoms with Crippen LogP contribution < -0.4 is 0 Å². The van der Waals surface area contributed by atoms with Crippen molar-refractivity contribution in [2.45, 2.75) is 251 Å². The van der Waals surface area contributed by atoms with Crippen molar-refractivity contribution in [2.24, 2.45) is 34.5 Å². The molecule has 28 heteroatoms. The average molecular weight is 1240 g/mol. The monoisotopic (exact) mass is 1240 g/mol. The van der Waals surface area contributed by atoms with Gasteiger partial charge in [-0.05, 0) is 87.4 Å². The molecule has 4 saturated carbocycles. The van der Waals surface area contributed by atoms with Crippen molar-refractivity contribution >= 4 is 65.5 Å². The molecule has 23 unspecified atom stereocenters. The maximum atomic E-state index is 13.4. The second-order valence-corrected chi connectivity index (χ2v) is 24.5. The van der Waals surface area contributed by atoms with Crippen molar-refractivity contribution in [1.82, 2.24) is 0 Å². The predicted octanol–water partition coefficient (Wildman–Crippen LogP) is 2.91. The van der Waals surface area contributed by atoms with Crippen LogP contribution in [0.2, 0.25) is 0 Å². The van der Waals surface area contributed by atoms with Gasteiger partial charge in [-0.1, -0.05) is 13.8 Å². The Bertz CT molecular complexity index is 2640. The topological polar surface area (TPSA) is 348 Å². The zero-order valence-corrected chi connectivity index (χ0v) is 51.3. The number of carbonyl (C=O) groups is 11.